The second-order valence-electron chi connectivity index (χ2n) is 8.88. The van der Waals surface area contributed by atoms with Crippen molar-refractivity contribution in [3.8, 4) is 5.75 Å². The Morgan fingerprint density at radius 1 is 1.10 bits per heavy atom. The maximum absolute atomic E-state index is 13.3. The fraction of sp³-hybridized carbons (Fsp3) is 0.652. The minimum Gasteiger partial charge on any atom is -0.497 e. The molecular weight excluding hydrogens is 380 g/mol. The molecule has 3 atom stereocenters. The molecule has 30 heavy (non-hydrogen) atoms. The van der Waals surface area contributed by atoms with Crippen molar-refractivity contribution in [2.75, 3.05) is 33.3 Å². The highest BCUT2D eigenvalue weighted by atomic mass is 16.5. The molecule has 0 radical (unpaired) electrons. The number of hydrazine groups is 1. The van der Waals surface area contributed by atoms with E-state index in [-0.39, 0.29) is 29.8 Å². The number of nitrogens with zero attached hydrogens (tertiary/aromatic N) is 2. The number of ether oxygens (including phenoxy) is 1. The van der Waals surface area contributed by atoms with E-state index in [0.29, 0.717) is 23.8 Å². The summed E-state index contributed by atoms with van der Waals surface area (Å²) in [7, 11) is 1.63. The van der Waals surface area contributed by atoms with Gasteiger partial charge in [-0.3, -0.25) is 20.4 Å². The minimum atomic E-state index is 0.0161. The van der Waals surface area contributed by atoms with Crippen molar-refractivity contribution in [2.24, 2.45) is 11.8 Å². The molecule has 164 valence electrons. The molecule has 0 saturated carbocycles. The van der Waals surface area contributed by atoms with Gasteiger partial charge >= 0.3 is 0 Å². The van der Waals surface area contributed by atoms with Gasteiger partial charge in [0.2, 0.25) is 5.91 Å². The van der Waals surface area contributed by atoms with Crippen molar-refractivity contribution < 1.29 is 14.3 Å². The van der Waals surface area contributed by atoms with Gasteiger partial charge in [-0.25, -0.2) is 0 Å². The normalized spacial score (nSPS) is 27.9. The fourth-order valence-corrected chi connectivity index (χ4v) is 5.27. The molecule has 3 unspecified atom stereocenters. The Bertz CT molecular complexity index is 763. The number of rotatable bonds is 4. The lowest BCUT2D eigenvalue weighted by molar-refractivity contribution is -0.137. The fourth-order valence-electron chi connectivity index (χ4n) is 5.27. The summed E-state index contributed by atoms with van der Waals surface area (Å²) >= 11 is 0. The minimum absolute atomic E-state index is 0.0161. The van der Waals surface area contributed by atoms with E-state index in [9.17, 15) is 9.59 Å². The van der Waals surface area contributed by atoms with Crippen LogP contribution in [0.5, 0.6) is 5.75 Å². The van der Waals surface area contributed by atoms with Crippen molar-refractivity contribution in [3.05, 3.63) is 29.8 Å². The van der Waals surface area contributed by atoms with Crippen LogP contribution >= 0.6 is 0 Å². The molecule has 1 aromatic carbocycles. The molecule has 3 aliphatic heterocycles. The number of amides is 2. The van der Waals surface area contributed by atoms with Crippen LogP contribution in [-0.4, -0.2) is 67.0 Å². The zero-order valence-corrected chi connectivity index (χ0v) is 18.1. The highest BCUT2D eigenvalue weighted by Crippen LogP contribution is 2.32. The molecule has 3 fully saturated rings. The van der Waals surface area contributed by atoms with Crippen LogP contribution in [0.3, 0.4) is 0 Å². The lowest BCUT2D eigenvalue weighted by Gasteiger charge is -2.44. The number of nitrogens with one attached hydrogen (secondary N) is 2. The van der Waals surface area contributed by atoms with Crippen LogP contribution in [0.1, 0.15) is 49.4 Å². The van der Waals surface area contributed by atoms with Gasteiger partial charge in [0, 0.05) is 43.8 Å². The van der Waals surface area contributed by atoms with E-state index in [1.807, 2.05) is 29.2 Å². The Balaban J connectivity index is 1.40. The van der Waals surface area contributed by atoms with Crippen LogP contribution in [0, 0.1) is 11.8 Å². The van der Waals surface area contributed by atoms with Crippen LogP contribution in [-0.2, 0) is 4.79 Å². The average Bonchev–Trinajstić information content (AvgIpc) is 3.24. The average molecular weight is 415 g/mol. The van der Waals surface area contributed by atoms with Gasteiger partial charge < -0.3 is 14.5 Å². The molecule has 0 aliphatic carbocycles. The topological polar surface area (TPSA) is 73.9 Å². The Morgan fingerprint density at radius 2 is 1.90 bits per heavy atom. The van der Waals surface area contributed by atoms with E-state index in [2.05, 4.69) is 22.7 Å². The third kappa shape index (κ3) is 4.32. The second kappa shape index (κ2) is 9.35. The van der Waals surface area contributed by atoms with Gasteiger partial charge in [-0.15, -0.1) is 0 Å². The van der Waals surface area contributed by atoms with Crippen molar-refractivity contribution in [3.63, 3.8) is 0 Å². The SMILES string of the molecule is COc1cccc(C(=O)N2CCCCC2C2CCN(C(=O)C3CNNC3C)CC2)c1. The molecule has 3 aliphatic rings. The predicted octanol–water partition coefficient (Wildman–Crippen LogP) is 2.04. The lowest BCUT2D eigenvalue weighted by Crippen LogP contribution is -2.52. The third-order valence-corrected chi connectivity index (χ3v) is 7.09. The number of hydrogen-bond donors (Lipinski definition) is 2. The number of carbonyl (C=O) groups is 2. The van der Waals surface area contributed by atoms with E-state index < -0.39 is 0 Å². The van der Waals surface area contributed by atoms with Crippen LogP contribution in [0.25, 0.3) is 0 Å². The highest BCUT2D eigenvalue weighted by molar-refractivity contribution is 5.95. The molecule has 0 aromatic heterocycles. The van der Waals surface area contributed by atoms with Gasteiger partial charge in [0.15, 0.2) is 0 Å². The van der Waals surface area contributed by atoms with E-state index in [4.69, 9.17) is 4.74 Å². The summed E-state index contributed by atoms with van der Waals surface area (Å²) in [6.45, 7) is 5.16. The summed E-state index contributed by atoms with van der Waals surface area (Å²) in [4.78, 5) is 30.3. The molecule has 3 heterocycles. The summed E-state index contributed by atoms with van der Waals surface area (Å²) < 4.78 is 5.30. The maximum atomic E-state index is 13.3. The van der Waals surface area contributed by atoms with E-state index in [1.54, 1.807) is 7.11 Å². The number of carbonyl (C=O) groups excluding carboxylic acids is 2. The number of methoxy groups -OCH3 is 1. The first-order valence-corrected chi connectivity index (χ1v) is 11.3. The Labute approximate surface area is 179 Å². The Kier molecular flexibility index (Phi) is 6.58. The Morgan fingerprint density at radius 3 is 2.60 bits per heavy atom. The molecule has 0 bridgehead atoms. The summed E-state index contributed by atoms with van der Waals surface area (Å²) in [5.74, 6) is 1.55. The van der Waals surface area contributed by atoms with Crippen molar-refractivity contribution in [1.29, 1.82) is 0 Å². The van der Waals surface area contributed by atoms with Gasteiger partial charge in [-0.2, -0.15) is 0 Å². The first kappa shape index (κ1) is 21.1. The molecule has 2 amide bonds. The molecule has 2 N–H and O–H groups in total. The zero-order chi connectivity index (χ0) is 21.1. The first-order chi connectivity index (χ1) is 14.6. The smallest absolute Gasteiger partial charge is 0.254 e. The van der Waals surface area contributed by atoms with Crippen LogP contribution < -0.4 is 15.6 Å². The zero-order valence-electron chi connectivity index (χ0n) is 18.1. The summed E-state index contributed by atoms with van der Waals surface area (Å²) in [6.07, 6.45) is 5.23. The maximum Gasteiger partial charge on any atom is 0.254 e. The lowest BCUT2D eigenvalue weighted by atomic mass is 9.83. The van der Waals surface area contributed by atoms with Gasteiger partial charge in [0.1, 0.15) is 5.75 Å². The van der Waals surface area contributed by atoms with Crippen molar-refractivity contribution >= 4 is 11.8 Å². The number of benzene rings is 1. The van der Waals surface area contributed by atoms with Gasteiger partial charge in [0.25, 0.3) is 5.91 Å². The summed E-state index contributed by atoms with van der Waals surface area (Å²) in [6, 6.07) is 7.90. The molecule has 1 aromatic rings. The van der Waals surface area contributed by atoms with Crippen LogP contribution in [0.15, 0.2) is 24.3 Å². The largest absolute Gasteiger partial charge is 0.497 e. The Hall–Kier alpha value is -2.12. The van der Waals surface area contributed by atoms with E-state index in [0.717, 1.165) is 45.3 Å². The van der Waals surface area contributed by atoms with Crippen molar-refractivity contribution in [1.82, 2.24) is 20.7 Å². The summed E-state index contributed by atoms with van der Waals surface area (Å²) in [5, 5.41) is 0. The highest BCUT2D eigenvalue weighted by Gasteiger charge is 2.38. The van der Waals surface area contributed by atoms with Crippen molar-refractivity contribution in [2.45, 2.75) is 51.1 Å². The monoisotopic (exact) mass is 414 g/mol. The van der Waals surface area contributed by atoms with E-state index in [1.165, 1.54) is 6.42 Å². The first-order valence-electron chi connectivity index (χ1n) is 11.3. The quantitative estimate of drug-likeness (QED) is 0.789. The molecule has 3 saturated heterocycles. The molecule has 7 heteroatoms. The van der Waals surface area contributed by atoms with Crippen LogP contribution in [0.2, 0.25) is 0 Å². The number of likely N-dealkylation sites (tertiary alicyclic amines) is 2. The molecule has 4 rings (SSSR count). The van der Waals surface area contributed by atoms with Gasteiger partial charge in [0.05, 0.1) is 13.0 Å². The number of hydrogen-bond acceptors (Lipinski definition) is 5. The van der Waals surface area contributed by atoms with E-state index >= 15 is 0 Å². The summed E-state index contributed by atoms with van der Waals surface area (Å²) in [5.41, 5.74) is 6.93. The van der Waals surface area contributed by atoms with Gasteiger partial charge in [-0.05, 0) is 63.1 Å². The predicted molar refractivity (Wildman–Crippen MR) is 115 cm³/mol. The number of piperidine rings is 2. The third-order valence-electron chi connectivity index (χ3n) is 7.09. The second-order valence-corrected chi connectivity index (χ2v) is 8.88. The molecular formula is C23H34N4O3. The molecule has 0 spiro atoms. The molecule has 7 nitrogen and oxygen atoms in total. The van der Waals surface area contributed by atoms with Crippen LogP contribution in [0.4, 0.5) is 0 Å². The standard InChI is InChI=1S/C23H34N4O3/c1-16-20(15-24-25-16)23(29)26-12-9-17(10-13-26)21-8-3-4-11-27(21)22(28)18-6-5-7-19(14-18)30-2/h5-7,14,16-17,20-21,24-25H,3-4,8-13,15H2,1-2H3. The van der Waals surface area contributed by atoms with Gasteiger partial charge in [-0.1, -0.05) is 6.07 Å².